The molecule has 0 unspecified atom stereocenters. The third-order valence-corrected chi connectivity index (χ3v) is 4.90. The highest BCUT2D eigenvalue weighted by molar-refractivity contribution is 7.92. The fourth-order valence-corrected chi connectivity index (χ4v) is 3.57. The van der Waals surface area contributed by atoms with Gasteiger partial charge in [-0.05, 0) is 31.2 Å². The molecule has 0 spiro atoms. The molecule has 3 heterocycles. The summed E-state index contributed by atoms with van der Waals surface area (Å²) in [6.07, 6.45) is 5.57. The minimum absolute atomic E-state index is 0.0280. The lowest BCUT2D eigenvalue weighted by Crippen LogP contribution is -2.56. The van der Waals surface area contributed by atoms with Crippen molar-refractivity contribution in [2.75, 3.05) is 11.0 Å². The number of hydrazine groups is 1. The van der Waals surface area contributed by atoms with Crippen LogP contribution in [-0.4, -0.2) is 41.7 Å². The van der Waals surface area contributed by atoms with Crippen molar-refractivity contribution in [1.29, 1.82) is 0 Å². The van der Waals surface area contributed by atoms with E-state index in [1.807, 2.05) is 0 Å². The van der Waals surface area contributed by atoms with Crippen LogP contribution in [0.25, 0.3) is 0 Å². The first kappa shape index (κ1) is 15.9. The van der Waals surface area contributed by atoms with Gasteiger partial charge in [-0.2, -0.15) is 17.9 Å². The Balaban J connectivity index is 2.13. The lowest BCUT2D eigenvalue weighted by molar-refractivity contribution is 0.204. The molecule has 3 rings (SSSR count). The van der Waals surface area contributed by atoms with Gasteiger partial charge in [0, 0.05) is 18.6 Å². The molecule has 2 aromatic rings. The van der Waals surface area contributed by atoms with Crippen molar-refractivity contribution in [2.45, 2.75) is 11.8 Å². The van der Waals surface area contributed by atoms with Crippen LogP contribution >= 0.6 is 0 Å². The topological polar surface area (TPSA) is 108 Å². The van der Waals surface area contributed by atoms with Gasteiger partial charge in [-0.1, -0.05) is 0 Å². The maximum Gasteiger partial charge on any atom is 0.357 e. The van der Waals surface area contributed by atoms with Crippen LogP contribution in [0.4, 0.5) is 10.5 Å². The summed E-state index contributed by atoms with van der Waals surface area (Å²) in [5.74, 6) is 0. The zero-order valence-corrected chi connectivity index (χ0v) is 13.5. The standard InChI is InChI=1S/C14H14N6O3S/c1-11-10-19(14(21)18-17-11)20(12-4-2-6-15-8-12)24(22,23)13-5-3-7-16-9-13/h2-9H,10H2,1H3,(H,18,21). The molecule has 0 bridgehead atoms. The molecule has 1 N–H and O–H groups in total. The molecular weight excluding hydrogens is 332 g/mol. The maximum atomic E-state index is 13.1. The Morgan fingerprint density at radius 1 is 1.17 bits per heavy atom. The number of amides is 2. The Hall–Kier alpha value is -3.01. The first-order valence-electron chi connectivity index (χ1n) is 6.96. The smallest absolute Gasteiger partial charge is 0.263 e. The van der Waals surface area contributed by atoms with Gasteiger partial charge in [0.05, 0.1) is 24.1 Å². The van der Waals surface area contributed by atoms with Gasteiger partial charge >= 0.3 is 6.03 Å². The van der Waals surface area contributed by atoms with Crippen LogP contribution in [0, 0.1) is 0 Å². The molecule has 24 heavy (non-hydrogen) atoms. The first-order valence-corrected chi connectivity index (χ1v) is 8.40. The Labute approximate surface area is 138 Å². The Morgan fingerprint density at radius 3 is 2.50 bits per heavy atom. The highest BCUT2D eigenvalue weighted by atomic mass is 32.2. The third-order valence-electron chi connectivity index (χ3n) is 3.20. The van der Waals surface area contributed by atoms with Crippen LogP contribution in [0.2, 0.25) is 0 Å². The van der Waals surface area contributed by atoms with E-state index in [0.717, 1.165) is 9.42 Å². The van der Waals surface area contributed by atoms with Crippen LogP contribution in [0.3, 0.4) is 0 Å². The summed E-state index contributed by atoms with van der Waals surface area (Å²) in [6, 6.07) is 5.40. The SMILES string of the molecule is CC1=NNC(=O)N(N(c2cccnc2)S(=O)(=O)c2cccnc2)C1. The molecule has 0 aliphatic carbocycles. The van der Waals surface area contributed by atoms with E-state index >= 15 is 0 Å². The Bertz CT molecular complexity index is 870. The average Bonchev–Trinajstić information content (AvgIpc) is 2.60. The van der Waals surface area contributed by atoms with Crippen LogP contribution in [-0.2, 0) is 10.0 Å². The highest BCUT2D eigenvalue weighted by Crippen LogP contribution is 2.25. The molecule has 0 radical (unpaired) electrons. The van der Waals surface area contributed by atoms with Crippen molar-refractivity contribution < 1.29 is 13.2 Å². The molecule has 124 valence electrons. The van der Waals surface area contributed by atoms with Crippen LogP contribution < -0.4 is 9.84 Å². The summed E-state index contributed by atoms with van der Waals surface area (Å²) in [7, 11) is -4.07. The quantitative estimate of drug-likeness (QED) is 0.888. The summed E-state index contributed by atoms with van der Waals surface area (Å²) < 4.78 is 27.1. The number of anilines is 1. The zero-order chi connectivity index (χ0) is 17.2. The van der Waals surface area contributed by atoms with Crippen LogP contribution in [0.5, 0.6) is 0 Å². The predicted molar refractivity (Wildman–Crippen MR) is 86.5 cm³/mol. The minimum atomic E-state index is -4.07. The number of rotatable bonds is 4. The molecular formula is C14H14N6O3S. The number of carbonyl (C=O) groups is 1. The van der Waals surface area contributed by atoms with Gasteiger partial charge in [0.1, 0.15) is 4.90 Å². The summed E-state index contributed by atoms with van der Waals surface area (Å²) in [5, 5.41) is 4.88. The van der Waals surface area contributed by atoms with Gasteiger partial charge < -0.3 is 0 Å². The summed E-state index contributed by atoms with van der Waals surface area (Å²) in [4.78, 5) is 19.9. The largest absolute Gasteiger partial charge is 0.357 e. The molecule has 0 saturated carbocycles. The molecule has 0 atom stereocenters. The fraction of sp³-hybridized carbons (Fsp3) is 0.143. The van der Waals surface area contributed by atoms with E-state index in [2.05, 4.69) is 20.5 Å². The Morgan fingerprint density at radius 2 is 1.88 bits per heavy atom. The number of nitrogens with one attached hydrogen (secondary N) is 1. The van der Waals surface area contributed by atoms with Gasteiger partial charge in [0.15, 0.2) is 0 Å². The van der Waals surface area contributed by atoms with E-state index in [4.69, 9.17) is 0 Å². The molecule has 1 aliphatic rings. The van der Waals surface area contributed by atoms with Gasteiger partial charge in [0.25, 0.3) is 10.0 Å². The number of sulfonamides is 1. The second kappa shape index (κ2) is 6.24. The number of carbonyl (C=O) groups excluding carboxylic acids is 1. The zero-order valence-electron chi connectivity index (χ0n) is 12.7. The fourth-order valence-electron chi connectivity index (χ4n) is 2.15. The maximum absolute atomic E-state index is 13.1. The molecule has 0 saturated heterocycles. The van der Waals surface area contributed by atoms with Crippen molar-refractivity contribution in [1.82, 2.24) is 20.4 Å². The van der Waals surface area contributed by atoms with Gasteiger partial charge in [0.2, 0.25) is 0 Å². The van der Waals surface area contributed by atoms with Crippen molar-refractivity contribution in [3.8, 4) is 0 Å². The summed E-state index contributed by atoms with van der Waals surface area (Å²) in [5.41, 5.74) is 3.08. The number of pyridine rings is 2. The summed E-state index contributed by atoms with van der Waals surface area (Å²) >= 11 is 0. The van der Waals surface area contributed by atoms with E-state index < -0.39 is 16.1 Å². The molecule has 9 nitrogen and oxygen atoms in total. The monoisotopic (exact) mass is 346 g/mol. The molecule has 2 amide bonds. The number of hydrazone groups is 1. The number of hydrogen-bond acceptors (Lipinski definition) is 6. The number of hydrogen-bond donors (Lipinski definition) is 1. The predicted octanol–water partition coefficient (Wildman–Crippen LogP) is 0.988. The lowest BCUT2D eigenvalue weighted by Gasteiger charge is -2.36. The van der Waals surface area contributed by atoms with Crippen LogP contribution in [0.15, 0.2) is 59.0 Å². The minimum Gasteiger partial charge on any atom is -0.263 e. The van der Waals surface area contributed by atoms with E-state index in [1.165, 1.54) is 36.9 Å². The van der Waals surface area contributed by atoms with Gasteiger partial charge in [-0.3, -0.25) is 9.97 Å². The molecule has 1 aliphatic heterocycles. The van der Waals surface area contributed by atoms with Gasteiger partial charge in [-0.25, -0.2) is 15.2 Å². The molecule has 10 heteroatoms. The number of nitrogens with zero attached hydrogens (tertiary/aromatic N) is 5. The molecule has 2 aromatic heterocycles. The van der Waals surface area contributed by atoms with E-state index in [-0.39, 0.29) is 17.1 Å². The summed E-state index contributed by atoms with van der Waals surface area (Å²) in [6.45, 7) is 1.71. The normalized spacial score (nSPS) is 14.8. The molecule has 0 fully saturated rings. The van der Waals surface area contributed by atoms with E-state index in [0.29, 0.717) is 5.71 Å². The molecule has 0 aromatic carbocycles. The van der Waals surface area contributed by atoms with E-state index in [1.54, 1.807) is 19.1 Å². The van der Waals surface area contributed by atoms with Crippen molar-refractivity contribution in [3.63, 3.8) is 0 Å². The van der Waals surface area contributed by atoms with Crippen molar-refractivity contribution in [3.05, 3.63) is 49.1 Å². The second-order valence-corrected chi connectivity index (χ2v) is 6.74. The first-order chi connectivity index (χ1) is 11.5. The second-order valence-electron chi connectivity index (χ2n) is 4.97. The Kier molecular flexibility index (Phi) is 4.13. The third kappa shape index (κ3) is 2.91. The highest BCUT2D eigenvalue weighted by Gasteiger charge is 2.35. The van der Waals surface area contributed by atoms with Crippen molar-refractivity contribution in [2.24, 2.45) is 5.10 Å². The lowest BCUT2D eigenvalue weighted by atomic mass is 10.4. The average molecular weight is 346 g/mol. The van der Waals surface area contributed by atoms with E-state index in [9.17, 15) is 13.2 Å². The number of urea groups is 1. The van der Waals surface area contributed by atoms with Crippen molar-refractivity contribution >= 4 is 27.5 Å². The van der Waals surface area contributed by atoms with Gasteiger partial charge in [-0.15, -0.1) is 0 Å². The van der Waals surface area contributed by atoms with Crippen LogP contribution in [0.1, 0.15) is 6.92 Å². The number of aromatic nitrogens is 2.